The number of rotatable bonds is 5. The van der Waals surface area contributed by atoms with Gasteiger partial charge in [-0.25, -0.2) is 8.42 Å². The van der Waals surface area contributed by atoms with E-state index in [4.69, 9.17) is 0 Å². The lowest BCUT2D eigenvalue weighted by atomic mass is 10.1. The molecule has 7 heteroatoms. The number of carbonyl (C=O) groups is 1. The summed E-state index contributed by atoms with van der Waals surface area (Å²) in [6, 6.07) is 14.0. The van der Waals surface area contributed by atoms with Gasteiger partial charge in [-0.15, -0.1) is 0 Å². The fourth-order valence-electron chi connectivity index (χ4n) is 3.44. The first-order valence-corrected chi connectivity index (χ1v) is 10.4. The van der Waals surface area contributed by atoms with Crippen molar-refractivity contribution < 1.29 is 13.2 Å². The molecule has 0 aliphatic carbocycles. The molecule has 0 bridgehead atoms. The topological polar surface area (TPSA) is 82.3 Å². The van der Waals surface area contributed by atoms with Gasteiger partial charge in [0.25, 0.3) is 5.91 Å². The molecule has 3 aromatic rings. The van der Waals surface area contributed by atoms with E-state index in [1.54, 1.807) is 12.1 Å². The summed E-state index contributed by atoms with van der Waals surface area (Å²) in [6.07, 6.45) is 3.66. The Balaban J connectivity index is 1.46. The van der Waals surface area contributed by atoms with Crippen LogP contribution < -0.4 is 5.32 Å². The Kier molecular flexibility index (Phi) is 4.72. The normalized spacial score (nSPS) is 15.3. The zero-order valence-corrected chi connectivity index (χ0v) is 15.6. The smallest absolute Gasteiger partial charge is 0.251 e. The van der Waals surface area contributed by atoms with Gasteiger partial charge in [0.1, 0.15) is 0 Å². The molecule has 2 aromatic carbocycles. The first-order chi connectivity index (χ1) is 13.1. The second-order valence-corrected chi connectivity index (χ2v) is 8.61. The van der Waals surface area contributed by atoms with Gasteiger partial charge in [-0.3, -0.25) is 4.79 Å². The molecule has 1 saturated heterocycles. The molecule has 0 unspecified atom stereocenters. The van der Waals surface area contributed by atoms with Crippen LogP contribution in [0.15, 0.2) is 59.6 Å². The number of carbonyl (C=O) groups excluding carboxylic acids is 1. The molecule has 6 nitrogen and oxygen atoms in total. The van der Waals surface area contributed by atoms with Crippen LogP contribution >= 0.6 is 0 Å². The minimum Gasteiger partial charge on any atom is -0.361 e. The Hall–Kier alpha value is -2.64. The number of sulfonamides is 1. The van der Waals surface area contributed by atoms with Gasteiger partial charge in [0, 0.05) is 42.3 Å². The van der Waals surface area contributed by atoms with Crippen LogP contribution in [-0.2, 0) is 16.6 Å². The standard InChI is InChI=1S/C20H21N3O3S/c24-20(22-14-16-4-3-5-19-18(16)10-11-21-19)15-6-8-17(9-7-15)27(25,26)23-12-1-2-13-23/h3-11,21H,1-2,12-14H2,(H,22,24). The molecule has 0 spiro atoms. The van der Waals surface area contributed by atoms with E-state index in [-0.39, 0.29) is 10.8 Å². The third kappa shape index (κ3) is 3.48. The van der Waals surface area contributed by atoms with Gasteiger partial charge in [0.15, 0.2) is 0 Å². The summed E-state index contributed by atoms with van der Waals surface area (Å²) in [5.41, 5.74) is 2.49. The van der Waals surface area contributed by atoms with E-state index in [9.17, 15) is 13.2 Å². The van der Waals surface area contributed by atoms with E-state index in [0.717, 1.165) is 29.3 Å². The summed E-state index contributed by atoms with van der Waals surface area (Å²) in [7, 11) is -3.46. The van der Waals surface area contributed by atoms with Crippen molar-refractivity contribution in [3.63, 3.8) is 0 Å². The summed E-state index contributed by atoms with van der Waals surface area (Å²) >= 11 is 0. The van der Waals surface area contributed by atoms with Crippen LogP contribution in [0.3, 0.4) is 0 Å². The van der Waals surface area contributed by atoms with Gasteiger partial charge in [-0.2, -0.15) is 4.31 Å². The second kappa shape index (κ2) is 7.17. The maximum absolute atomic E-state index is 12.5. The summed E-state index contributed by atoms with van der Waals surface area (Å²) in [4.78, 5) is 15.8. The van der Waals surface area contributed by atoms with Crippen molar-refractivity contribution in [3.8, 4) is 0 Å². The second-order valence-electron chi connectivity index (χ2n) is 6.67. The molecule has 1 aliphatic rings. The lowest BCUT2D eigenvalue weighted by molar-refractivity contribution is 0.0951. The number of nitrogens with zero attached hydrogens (tertiary/aromatic N) is 1. The van der Waals surface area contributed by atoms with Crippen molar-refractivity contribution in [2.75, 3.05) is 13.1 Å². The summed E-state index contributed by atoms with van der Waals surface area (Å²) < 4.78 is 26.6. The Morgan fingerprint density at radius 3 is 2.52 bits per heavy atom. The lowest BCUT2D eigenvalue weighted by Crippen LogP contribution is -2.28. The van der Waals surface area contributed by atoms with E-state index in [0.29, 0.717) is 25.2 Å². The maximum Gasteiger partial charge on any atom is 0.251 e. The van der Waals surface area contributed by atoms with Crippen molar-refractivity contribution in [1.82, 2.24) is 14.6 Å². The number of nitrogens with one attached hydrogen (secondary N) is 2. The van der Waals surface area contributed by atoms with Gasteiger partial charge >= 0.3 is 0 Å². The number of hydrogen-bond acceptors (Lipinski definition) is 3. The minimum absolute atomic E-state index is 0.229. The summed E-state index contributed by atoms with van der Waals surface area (Å²) in [5, 5.41) is 3.97. The molecular weight excluding hydrogens is 362 g/mol. The minimum atomic E-state index is -3.46. The van der Waals surface area contributed by atoms with Crippen LogP contribution in [0.25, 0.3) is 10.9 Å². The van der Waals surface area contributed by atoms with Crippen LogP contribution in [-0.4, -0.2) is 36.7 Å². The van der Waals surface area contributed by atoms with E-state index in [1.807, 2.05) is 30.5 Å². The van der Waals surface area contributed by atoms with Crippen LogP contribution in [0, 0.1) is 0 Å². The summed E-state index contributed by atoms with van der Waals surface area (Å²) in [6.45, 7) is 1.53. The van der Waals surface area contributed by atoms with Crippen molar-refractivity contribution in [3.05, 3.63) is 65.9 Å². The quantitative estimate of drug-likeness (QED) is 0.711. The number of hydrogen-bond donors (Lipinski definition) is 2. The summed E-state index contributed by atoms with van der Waals surface area (Å²) in [5.74, 6) is -0.229. The zero-order valence-electron chi connectivity index (χ0n) is 14.8. The van der Waals surface area contributed by atoms with Crippen molar-refractivity contribution >= 4 is 26.8 Å². The van der Waals surface area contributed by atoms with Crippen LogP contribution in [0.1, 0.15) is 28.8 Å². The van der Waals surface area contributed by atoms with Gasteiger partial charge in [0.2, 0.25) is 10.0 Å². The van der Waals surface area contributed by atoms with Crippen LogP contribution in [0.5, 0.6) is 0 Å². The van der Waals surface area contributed by atoms with Gasteiger partial charge in [-0.1, -0.05) is 12.1 Å². The highest BCUT2D eigenvalue weighted by atomic mass is 32.2. The van der Waals surface area contributed by atoms with E-state index < -0.39 is 10.0 Å². The SMILES string of the molecule is O=C(NCc1cccc2[nH]ccc12)c1ccc(S(=O)(=O)N2CCCC2)cc1. The first kappa shape index (κ1) is 17.8. The molecule has 0 saturated carbocycles. The monoisotopic (exact) mass is 383 g/mol. The van der Waals surface area contributed by atoms with Crippen molar-refractivity contribution in [2.45, 2.75) is 24.3 Å². The number of aromatic amines is 1. The molecule has 2 heterocycles. The molecule has 4 rings (SSSR count). The van der Waals surface area contributed by atoms with E-state index in [1.165, 1.54) is 16.4 Å². The Morgan fingerprint density at radius 1 is 1.04 bits per heavy atom. The van der Waals surface area contributed by atoms with Gasteiger partial charge < -0.3 is 10.3 Å². The Labute approximate surface area is 158 Å². The molecular formula is C20H21N3O3S. The molecule has 2 N–H and O–H groups in total. The molecule has 0 radical (unpaired) electrons. The number of fused-ring (bicyclic) bond motifs is 1. The molecule has 1 aliphatic heterocycles. The number of amides is 1. The third-order valence-electron chi connectivity index (χ3n) is 4.94. The predicted molar refractivity (Wildman–Crippen MR) is 104 cm³/mol. The number of aromatic nitrogens is 1. The van der Waals surface area contributed by atoms with Crippen molar-refractivity contribution in [2.24, 2.45) is 0 Å². The van der Waals surface area contributed by atoms with Gasteiger partial charge in [-0.05, 0) is 54.8 Å². The molecule has 1 aromatic heterocycles. The number of H-pyrrole nitrogens is 1. The zero-order chi connectivity index (χ0) is 18.9. The third-order valence-corrected chi connectivity index (χ3v) is 6.86. The van der Waals surface area contributed by atoms with E-state index >= 15 is 0 Å². The Bertz CT molecular complexity index is 1070. The highest BCUT2D eigenvalue weighted by molar-refractivity contribution is 7.89. The van der Waals surface area contributed by atoms with Crippen molar-refractivity contribution in [1.29, 1.82) is 0 Å². The van der Waals surface area contributed by atoms with Crippen LogP contribution in [0.4, 0.5) is 0 Å². The maximum atomic E-state index is 12.5. The van der Waals surface area contributed by atoms with Crippen LogP contribution in [0.2, 0.25) is 0 Å². The Morgan fingerprint density at radius 2 is 1.78 bits per heavy atom. The predicted octanol–water partition coefficient (Wildman–Crippen LogP) is 2.88. The highest BCUT2D eigenvalue weighted by Crippen LogP contribution is 2.21. The fraction of sp³-hybridized carbons (Fsp3) is 0.250. The average molecular weight is 383 g/mol. The highest BCUT2D eigenvalue weighted by Gasteiger charge is 2.27. The molecule has 140 valence electrons. The fourth-order valence-corrected chi connectivity index (χ4v) is 4.96. The molecule has 27 heavy (non-hydrogen) atoms. The molecule has 1 amide bonds. The largest absolute Gasteiger partial charge is 0.361 e. The van der Waals surface area contributed by atoms with E-state index in [2.05, 4.69) is 10.3 Å². The van der Waals surface area contributed by atoms with Gasteiger partial charge in [0.05, 0.1) is 4.90 Å². The number of benzene rings is 2. The molecule has 1 fully saturated rings. The molecule has 0 atom stereocenters. The average Bonchev–Trinajstić information content (AvgIpc) is 3.38. The lowest BCUT2D eigenvalue weighted by Gasteiger charge is -2.15. The first-order valence-electron chi connectivity index (χ1n) is 8.99.